The van der Waals surface area contributed by atoms with Crippen LogP contribution in [0.3, 0.4) is 0 Å². The summed E-state index contributed by atoms with van der Waals surface area (Å²) in [7, 11) is 0. The molecular weight excluding hydrogens is 194 g/mol. The molecular formula is C11H15NOS. The molecule has 0 radical (unpaired) electrons. The number of aliphatic hydroxyl groups is 1. The van der Waals surface area contributed by atoms with Crippen LogP contribution in [0.1, 0.15) is 43.9 Å². The zero-order valence-corrected chi connectivity index (χ0v) is 8.96. The van der Waals surface area contributed by atoms with Crippen molar-refractivity contribution in [1.29, 1.82) is 0 Å². The highest BCUT2D eigenvalue weighted by atomic mass is 32.1. The normalized spacial score (nSPS) is 19.1. The molecule has 2 nitrogen and oxygen atoms in total. The third-order valence-electron chi connectivity index (χ3n) is 2.64. The number of hydrogen-bond donors (Lipinski definition) is 1. The number of allylic oxidation sites excluding steroid dienone is 1. The van der Waals surface area contributed by atoms with E-state index < -0.39 is 6.10 Å². The molecule has 1 N–H and O–H groups in total. The molecule has 1 aliphatic rings. The lowest BCUT2D eigenvalue weighted by Gasteiger charge is -2.15. The summed E-state index contributed by atoms with van der Waals surface area (Å²) in [5.74, 6) is 0. The van der Waals surface area contributed by atoms with Crippen molar-refractivity contribution in [3.63, 3.8) is 0 Å². The maximum absolute atomic E-state index is 9.86. The summed E-state index contributed by atoms with van der Waals surface area (Å²) in [6, 6.07) is 1.90. The number of aliphatic hydroxyl groups excluding tert-OH is 1. The summed E-state index contributed by atoms with van der Waals surface area (Å²) in [6.07, 6.45) is 7.56. The standard InChI is InChI=1S/C11H15NOS/c13-11(10-6-7-14-12-10)8-9-4-2-1-3-5-9/h4,6-7,11,13H,1-3,5,8H2. The molecule has 1 aromatic heterocycles. The largest absolute Gasteiger partial charge is 0.386 e. The Kier molecular flexibility index (Phi) is 3.32. The quantitative estimate of drug-likeness (QED) is 0.776. The molecule has 0 fully saturated rings. The Bertz CT molecular complexity index is 305. The Morgan fingerprint density at radius 2 is 2.43 bits per heavy atom. The van der Waals surface area contributed by atoms with Gasteiger partial charge in [0.1, 0.15) is 6.10 Å². The molecule has 0 saturated carbocycles. The Morgan fingerprint density at radius 3 is 3.07 bits per heavy atom. The fourth-order valence-electron chi connectivity index (χ4n) is 1.84. The molecule has 3 heteroatoms. The Labute approximate surface area is 88.5 Å². The van der Waals surface area contributed by atoms with Crippen LogP contribution in [0.4, 0.5) is 0 Å². The first-order valence-corrected chi connectivity index (χ1v) is 5.96. The highest BCUT2D eigenvalue weighted by Gasteiger charge is 2.13. The van der Waals surface area contributed by atoms with Gasteiger partial charge in [0.25, 0.3) is 0 Å². The second-order valence-electron chi connectivity index (χ2n) is 3.75. The minimum atomic E-state index is -0.398. The molecule has 0 bridgehead atoms. The lowest BCUT2D eigenvalue weighted by molar-refractivity contribution is 0.173. The van der Waals surface area contributed by atoms with E-state index in [2.05, 4.69) is 10.4 Å². The average molecular weight is 209 g/mol. The van der Waals surface area contributed by atoms with E-state index in [4.69, 9.17) is 0 Å². The fraction of sp³-hybridized carbons (Fsp3) is 0.545. The van der Waals surface area contributed by atoms with Gasteiger partial charge in [-0.3, -0.25) is 0 Å². The van der Waals surface area contributed by atoms with Crippen LogP contribution in [0.25, 0.3) is 0 Å². The Hall–Kier alpha value is -0.670. The molecule has 1 aromatic rings. The number of nitrogens with zero attached hydrogens (tertiary/aromatic N) is 1. The molecule has 1 aliphatic carbocycles. The van der Waals surface area contributed by atoms with Crippen molar-refractivity contribution in [1.82, 2.24) is 4.37 Å². The van der Waals surface area contributed by atoms with Crippen LogP contribution in [0, 0.1) is 0 Å². The number of rotatable bonds is 3. The van der Waals surface area contributed by atoms with E-state index >= 15 is 0 Å². The zero-order chi connectivity index (χ0) is 9.80. The van der Waals surface area contributed by atoms with E-state index in [1.807, 2.05) is 11.4 Å². The number of aromatic nitrogens is 1. The van der Waals surface area contributed by atoms with Crippen molar-refractivity contribution >= 4 is 11.5 Å². The van der Waals surface area contributed by atoms with Gasteiger partial charge in [-0.1, -0.05) is 11.6 Å². The fourth-order valence-corrected chi connectivity index (χ4v) is 2.40. The monoisotopic (exact) mass is 209 g/mol. The predicted molar refractivity (Wildman–Crippen MR) is 58.2 cm³/mol. The first-order valence-electron chi connectivity index (χ1n) is 5.12. The predicted octanol–water partition coefficient (Wildman–Crippen LogP) is 3.07. The van der Waals surface area contributed by atoms with Crippen LogP contribution in [0.5, 0.6) is 0 Å². The summed E-state index contributed by atoms with van der Waals surface area (Å²) in [5, 5.41) is 11.8. The Morgan fingerprint density at radius 1 is 1.50 bits per heavy atom. The van der Waals surface area contributed by atoms with Crippen molar-refractivity contribution in [2.75, 3.05) is 0 Å². The molecule has 0 saturated heterocycles. The van der Waals surface area contributed by atoms with Gasteiger partial charge in [-0.05, 0) is 43.3 Å². The lowest BCUT2D eigenvalue weighted by Crippen LogP contribution is -2.01. The smallest absolute Gasteiger partial charge is 0.101 e. The lowest BCUT2D eigenvalue weighted by atomic mass is 9.94. The van der Waals surface area contributed by atoms with E-state index in [0.717, 1.165) is 18.5 Å². The zero-order valence-electron chi connectivity index (χ0n) is 8.15. The van der Waals surface area contributed by atoms with Crippen LogP contribution in [0.15, 0.2) is 23.1 Å². The second kappa shape index (κ2) is 4.71. The van der Waals surface area contributed by atoms with Crippen molar-refractivity contribution in [3.05, 3.63) is 28.8 Å². The first-order chi connectivity index (χ1) is 6.86. The van der Waals surface area contributed by atoms with Gasteiger partial charge in [0, 0.05) is 11.8 Å². The summed E-state index contributed by atoms with van der Waals surface area (Å²) in [5.41, 5.74) is 2.22. The van der Waals surface area contributed by atoms with Gasteiger partial charge in [0.05, 0.1) is 5.69 Å². The molecule has 2 rings (SSSR count). The summed E-state index contributed by atoms with van der Waals surface area (Å²) < 4.78 is 4.15. The molecule has 1 atom stereocenters. The van der Waals surface area contributed by atoms with E-state index in [0.29, 0.717) is 0 Å². The molecule has 0 amide bonds. The van der Waals surface area contributed by atoms with Gasteiger partial charge in [-0.25, -0.2) is 0 Å². The summed E-state index contributed by atoms with van der Waals surface area (Å²) in [6.45, 7) is 0. The van der Waals surface area contributed by atoms with Gasteiger partial charge in [0.2, 0.25) is 0 Å². The average Bonchev–Trinajstić information content (AvgIpc) is 2.72. The topological polar surface area (TPSA) is 33.1 Å². The van der Waals surface area contributed by atoms with Crippen molar-refractivity contribution in [3.8, 4) is 0 Å². The molecule has 0 aromatic carbocycles. The van der Waals surface area contributed by atoms with Gasteiger partial charge in [-0.15, -0.1) is 0 Å². The molecule has 0 spiro atoms. The molecule has 14 heavy (non-hydrogen) atoms. The molecule has 0 aliphatic heterocycles. The van der Waals surface area contributed by atoms with Crippen LogP contribution in [-0.2, 0) is 0 Å². The second-order valence-corrected chi connectivity index (χ2v) is 4.42. The molecule has 76 valence electrons. The first kappa shape index (κ1) is 9.87. The Balaban J connectivity index is 1.94. The molecule has 1 unspecified atom stereocenters. The maximum atomic E-state index is 9.86. The van der Waals surface area contributed by atoms with Gasteiger partial charge < -0.3 is 5.11 Å². The van der Waals surface area contributed by atoms with Gasteiger partial charge >= 0.3 is 0 Å². The summed E-state index contributed by atoms with van der Waals surface area (Å²) in [4.78, 5) is 0. The minimum Gasteiger partial charge on any atom is -0.386 e. The minimum absolute atomic E-state index is 0.398. The van der Waals surface area contributed by atoms with E-state index in [1.54, 1.807) is 0 Å². The van der Waals surface area contributed by atoms with Crippen LogP contribution in [-0.4, -0.2) is 9.48 Å². The summed E-state index contributed by atoms with van der Waals surface area (Å²) >= 11 is 1.40. The van der Waals surface area contributed by atoms with E-state index in [-0.39, 0.29) is 0 Å². The van der Waals surface area contributed by atoms with E-state index in [9.17, 15) is 5.11 Å². The van der Waals surface area contributed by atoms with Crippen LogP contribution in [0.2, 0.25) is 0 Å². The maximum Gasteiger partial charge on any atom is 0.101 e. The highest BCUT2D eigenvalue weighted by Crippen LogP contribution is 2.26. The third kappa shape index (κ3) is 2.42. The van der Waals surface area contributed by atoms with Crippen molar-refractivity contribution in [2.24, 2.45) is 0 Å². The van der Waals surface area contributed by atoms with Gasteiger partial charge in [0.15, 0.2) is 0 Å². The van der Waals surface area contributed by atoms with Crippen LogP contribution >= 0.6 is 11.5 Å². The van der Waals surface area contributed by atoms with Crippen molar-refractivity contribution in [2.45, 2.75) is 38.2 Å². The van der Waals surface area contributed by atoms with Crippen molar-refractivity contribution < 1.29 is 5.11 Å². The third-order valence-corrected chi connectivity index (χ3v) is 3.21. The molecule has 1 heterocycles. The van der Waals surface area contributed by atoms with Crippen LogP contribution < -0.4 is 0 Å². The SMILES string of the molecule is OC(CC1=CCCCC1)c1ccsn1. The number of hydrogen-bond acceptors (Lipinski definition) is 3. The highest BCUT2D eigenvalue weighted by molar-refractivity contribution is 7.03. The van der Waals surface area contributed by atoms with E-state index in [1.165, 1.54) is 36.4 Å². The van der Waals surface area contributed by atoms with Gasteiger partial charge in [-0.2, -0.15) is 4.37 Å².